The highest BCUT2D eigenvalue weighted by atomic mass is 79.9. The van der Waals surface area contributed by atoms with Crippen molar-refractivity contribution in [3.05, 3.63) is 62.0 Å². The molecule has 0 saturated carbocycles. The zero-order valence-electron chi connectivity index (χ0n) is 11.2. The Morgan fingerprint density at radius 3 is 2.40 bits per heavy atom. The molecule has 20 heavy (non-hydrogen) atoms. The van der Waals surface area contributed by atoms with Crippen molar-refractivity contribution in [1.82, 2.24) is 0 Å². The van der Waals surface area contributed by atoms with Crippen LogP contribution in [0.3, 0.4) is 0 Å². The van der Waals surface area contributed by atoms with Gasteiger partial charge in [-0.1, -0.05) is 15.9 Å². The zero-order valence-corrected chi connectivity index (χ0v) is 14.4. The first kappa shape index (κ1) is 15.3. The van der Waals surface area contributed by atoms with Crippen LogP contribution in [0, 0.1) is 6.92 Å². The molecule has 0 spiro atoms. The molecule has 0 N–H and O–H groups in total. The van der Waals surface area contributed by atoms with Gasteiger partial charge in [-0.05, 0) is 71.7 Å². The molecule has 2 nitrogen and oxygen atoms in total. The van der Waals surface area contributed by atoms with Crippen LogP contribution in [0.1, 0.15) is 28.4 Å². The summed E-state index contributed by atoms with van der Waals surface area (Å²) in [6.07, 6.45) is 0. The Kier molecular flexibility index (Phi) is 5.00. The minimum atomic E-state index is 0.00456. The summed E-state index contributed by atoms with van der Waals surface area (Å²) >= 11 is 6.85. The predicted molar refractivity (Wildman–Crippen MR) is 87.6 cm³/mol. The van der Waals surface area contributed by atoms with Gasteiger partial charge in [0.15, 0.2) is 5.78 Å². The Bertz CT molecular complexity index is 651. The van der Waals surface area contributed by atoms with Crippen molar-refractivity contribution >= 4 is 37.6 Å². The fourth-order valence-electron chi connectivity index (χ4n) is 1.96. The first-order valence-electron chi connectivity index (χ1n) is 6.26. The molecule has 2 rings (SSSR count). The maximum Gasteiger partial charge on any atom is 0.194 e. The summed E-state index contributed by atoms with van der Waals surface area (Å²) < 4.78 is 7.13. The van der Waals surface area contributed by atoms with E-state index in [1.165, 1.54) is 0 Å². The lowest BCUT2D eigenvalue weighted by Crippen LogP contribution is -2.05. The summed E-state index contributed by atoms with van der Waals surface area (Å²) in [7, 11) is 0. The summed E-state index contributed by atoms with van der Waals surface area (Å²) in [6, 6.07) is 11.1. The molecular formula is C16H14Br2O2. The second-order valence-electron chi connectivity index (χ2n) is 4.36. The third-order valence-corrected chi connectivity index (χ3v) is 4.08. The molecule has 0 heterocycles. The number of ether oxygens (including phenoxy) is 1. The molecule has 4 heteroatoms. The molecule has 0 amide bonds. The van der Waals surface area contributed by atoms with Crippen molar-refractivity contribution in [1.29, 1.82) is 0 Å². The van der Waals surface area contributed by atoms with Crippen LogP contribution in [0.4, 0.5) is 0 Å². The first-order chi connectivity index (χ1) is 9.52. The van der Waals surface area contributed by atoms with E-state index >= 15 is 0 Å². The molecule has 0 aliphatic carbocycles. The molecule has 0 saturated heterocycles. The largest absolute Gasteiger partial charge is 0.494 e. The average Bonchev–Trinajstić information content (AvgIpc) is 2.38. The molecule has 0 bridgehead atoms. The standard InChI is InChI=1S/C16H14Br2O2/c1-3-20-12-5-7-14(15(18)9-12)16(19)13-6-4-11(17)8-10(13)2/h4-9H,3H2,1-2H3. The Hall–Kier alpha value is -1.13. The SMILES string of the molecule is CCOc1ccc(C(=O)c2ccc(Br)cc2C)c(Br)c1. The maximum atomic E-state index is 12.6. The lowest BCUT2D eigenvalue weighted by Gasteiger charge is -2.09. The molecule has 0 unspecified atom stereocenters. The Morgan fingerprint density at radius 2 is 1.80 bits per heavy atom. The van der Waals surface area contributed by atoms with E-state index in [1.54, 1.807) is 6.07 Å². The topological polar surface area (TPSA) is 26.3 Å². The van der Waals surface area contributed by atoms with Crippen LogP contribution in [0.25, 0.3) is 0 Å². The summed E-state index contributed by atoms with van der Waals surface area (Å²) in [5.41, 5.74) is 2.29. The monoisotopic (exact) mass is 396 g/mol. The Balaban J connectivity index is 2.38. The van der Waals surface area contributed by atoms with E-state index in [2.05, 4.69) is 31.9 Å². The number of rotatable bonds is 4. The van der Waals surface area contributed by atoms with Gasteiger partial charge in [0.25, 0.3) is 0 Å². The van der Waals surface area contributed by atoms with Crippen LogP contribution in [0.15, 0.2) is 45.3 Å². The van der Waals surface area contributed by atoms with Crippen molar-refractivity contribution in [3.8, 4) is 5.75 Å². The molecule has 2 aromatic carbocycles. The third kappa shape index (κ3) is 3.30. The van der Waals surface area contributed by atoms with Gasteiger partial charge >= 0.3 is 0 Å². The van der Waals surface area contributed by atoms with E-state index in [0.717, 1.165) is 20.3 Å². The molecule has 0 fully saturated rings. The number of aryl methyl sites for hydroxylation is 1. The summed E-state index contributed by atoms with van der Waals surface area (Å²) in [5.74, 6) is 0.758. The average molecular weight is 398 g/mol. The van der Waals surface area contributed by atoms with Crippen molar-refractivity contribution in [3.63, 3.8) is 0 Å². The van der Waals surface area contributed by atoms with Gasteiger partial charge in [0.2, 0.25) is 0 Å². The highest BCUT2D eigenvalue weighted by Gasteiger charge is 2.15. The number of carbonyl (C=O) groups is 1. The van der Waals surface area contributed by atoms with Crippen LogP contribution in [0.2, 0.25) is 0 Å². The lowest BCUT2D eigenvalue weighted by molar-refractivity contribution is 0.103. The molecule has 0 aromatic heterocycles. The van der Waals surface area contributed by atoms with Crippen LogP contribution >= 0.6 is 31.9 Å². The zero-order chi connectivity index (χ0) is 14.7. The van der Waals surface area contributed by atoms with Crippen LogP contribution < -0.4 is 4.74 Å². The van der Waals surface area contributed by atoms with E-state index in [0.29, 0.717) is 17.7 Å². The first-order valence-corrected chi connectivity index (χ1v) is 7.84. The number of hydrogen-bond acceptors (Lipinski definition) is 2. The van der Waals surface area contributed by atoms with E-state index in [9.17, 15) is 4.79 Å². The fraction of sp³-hybridized carbons (Fsp3) is 0.188. The highest BCUT2D eigenvalue weighted by Crippen LogP contribution is 2.27. The molecule has 0 atom stereocenters. The van der Waals surface area contributed by atoms with E-state index in [-0.39, 0.29) is 5.78 Å². The maximum absolute atomic E-state index is 12.6. The summed E-state index contributed by atoms with van der Waals surface area (Å²) in [6.45, 7) is 4.46. The molecule has 0 aliphatic rings. The van der Waals surface area contributed by atoms with Crippen LogP contribution in [-0.2, 0) is 0 Å². The Morgan fingerprint density at radius 1 is 1.10 bits per heavy atom. The molecule has 0 aliphatic heterocycles. The normalized spacial score (nSPS) is 10.4. The number of benzene rings is 2. The quantitative estimate of drug-likeness (QED) is 0.667. The highest BCUT2D eigenvalue weighted by molar-refractivity contribution is 9.10. The Labute approximate surface area is 135 Å². The van der Waals surface area contributed by atoms with Crippen molar-refractivity contribution in [2.24, 2.45) is 0 Å². The number of halogens is 2. The molecule has 0 radical (unpaired) electrons. The minimum absolute atomic E-state index is 0.00456. The molecule has 104 valence electrons. The number of carbonyl (C=O) groups excluding carboxylic acids is 1. The smallest absolute Gasteiger partial charge is 0.194 e. The summed E-state index contributed by atoms with van der Waals surface area (Å²) in [5, 5.41) is 0. The van der Waals surface area contributed by atoms with E-state index < -0.39 is 0 Å². The van der Waals surface area contributed by atoms with Gasteiger partial charge in [-0.3, -0.25) is 4.79 Å². The van der Waals surface area contributed by atoms with Gasteiger partial charge in [-0.15, -0.1) is 0 Å². The summed E-state index contributed by atoms with van der Waals surface area (Å²) in [4.78, 5) is 12.6. The number of hydrogen-bond donors (Lipinski definition) is 0. The van der Waals surface area contributed by atoms with Gasteiger partial charge < -0.3 is 4.74 Å². The van der Waals surface area contributed by atoms with Gasteiger partial charge in [0, 0.05) is 20.1 Å². The second-order valence-corrected chi connectivity index (χ2v) is 6.13. The number of ketones is 1. The van der Waals surface area contributed by atoms with Gasteiger partial charge in [0.1, 0.15) is 5.75 Å². The van der Waals surface area contributed by atoms with E-state index in [4.69, 9.17) is 4.74 Å². The van der Waals surface area contributed by atoms with Crippen molar-refractivity contribution in [2.45, 2.75) is 13.8 Å². The van der Waals surface area contributed by atoms with Crippen molar-refractivity contribution < 1.29 is 9.53 Å². The molecular weight excluding hydrogens is 384 g/mol. The van der Waals surface area contributed by atoms with Gasteiger partial charge in [-0.25, -0.2) is 0 Å². The lowest BCUT2D eigenvalue weighted by atomic mass is 9.99. The molecule has 2 aromatic rings. The van der Waals surface area contributed by atoms with E-state index in [1.807, 2.05) is 44.2 Å². The predicted octanol–water partition coefficient (Wildman–Crippen LogP) is 5.15. The van der Waals surface area contributed by atoms with Gasteiger partial charge in [0.05, 0.1) is 6.61 Å². The second kappa shape index (κ2) is 6.55. The minimum Gasteiger partial charge on any atom is -0.494 e. The third-order valence-electron chi connectivity index (χ3n) is 2.93. The fourth-order valence-corrected chi connectivity index (χ4v) is 2.98. The van der Waals surface area contributed by atoms with Gasteiger partial charge in [-0.2, -0.15) is 0 Å². The van der Waals surface area contributed by atoms with Crippen LogP contribution in [0.5, 0.6) is 5.75 Å². The van der Waals surface area contributed by atoms with Crippen molar-refractivity contribution in [2.75, 3.05) is 6.61 Å². The van der Waals surface area contributed by atoms with Crippen LogP contribution in [-0.4, -0.2) is 12.4 Å².